The average molecular weight is 208 g/mol. The van der Waals surface area contributed by atoms with Gasteiger partial charge < -0.3 is 14.2 Å². The molecule has 0 saturated carbocycles. The van der Waals surface area contributed by atoms with E-state index in [1.165, 1.54) is 0 Å². The normalized spacial score (nSPS) is 19.0. The van der Waals surface area contributed by atoms with Crippen LogP contribution < -0.4 is 4.74 Å². The predicted octanol–water partition coefficient (Wildman–Crippen LogP) is 2.22. The van der Waals surface area contributed by atoms with Gasteiger partial charge in [-0.05, 0) is 19.1 Å². The van der Waals surface area contributed by atoms with Crippen LogP contribution in [0.15, 0.2) is 30.3 Å². The van der Waals surface area contributed by atoms with Crippen LogP contribution in [0, 0.1) is 0 Å². The molecule has 0 spiro atoms. The van der Waals surface area contributed by atoms with Crippen molar-refractivity contribution in [2.45, 2.75) is 19.1 Å². The quantitative estimate of drug-likeness (QED) is 0.759. The molecule has 0 atom stereocenters. The van der Waals surface area contributed by atoms with Gasteiger partial charge in [-0.2, -0.15) is 0 Å². The molecule has 0 aromatic heterocycles. The fourth-order valence-electron chi connectivity index (χ4n) is 1.57. The average Bonchev–Trinajstić information content (AvgIpc) is 2.67. The van der Waals surface area contributed by atoms with Gasteiger partial charge in [0.05, 0.1) is 19.8 Å². The molecular formula is C12H16O3. The largest absolute Gasteiger partial charge is 0.493 e. The fourth-order valence-corrected chi connectivity index (χ4v) is 1.57. The van der Waals surface area contributed by atoms with Gasteiger partial charge in [0.2, 0.25) is 0 Å². The molecule has 0 unspecified atom stereocenters. The van der Waals surface area contributed by atoms with Crippen LogP contribution >= 0.6 is 0 Å². The number of benzene rings is 1. The van der Waals surface area contributed by atoms with E-state index in [1.54, 1.807) is 0 Å². The lowest BCUT2D eigenvalue weighted by molar-refractivity contribution is -0.150. The molecule has 1 aliphatic heterocycles. The highest BCUT2D eigenvalue weighted by molar-refractivity contribution is 5.20. The summed E-state index contributed by atoms with van der Waals surface area (Å²) in [6.45, 7) is 3.93. The van der Waals surface area contributed by atoms with E-state index in [1.807, 2.05) is 37.3 Å². The van der Waals surface area contributed by atoms with Crippen molar-refractivity contribution in [3.63, 3.8) is 0 Å². The highest BCUT2D eigenvalue weighted by Crippen LogP contribution is 2.22. The minimum Gasteiger partial charge on any atom is -0.493 e. The molecule has 3 nitrogen and oxygen atoms in total. The molecule has 1 aromatic carbocycles. The van der Waals surface area contributed by atoms with Crippen LogP contribution in [-0.4, -0.2) is 25.6 Å². The molecule has 15 heavy (non-hydrogen) atoms. The van der Waals surface area contributed by atoms with E-state index in [0.717, 1.165) is 12.2 Å². The van der Waals surface area contributed by atoms with Crippen molar-refractivity contribution in [2.75, 3.05) is 19.8 Å². The van der Waals surface area contributed by atoms with E-state index >= 15 is 0 Å². The summed E-state index contributed by atoms with van der Waals surface area (Å²) in [5, 5.41) is 0. The lowest BCUT2D eigenvalue weighted by atomic mass is 10.2. The zero-order chi connectivity index (χ0) is 10.6. The van der Waals surface area contributed by atoms with Crippen molar-refractivity contribution in [1.82, 2.24) is 0 Å². The topological polar surface area (TPSA) is 27.7 Å². The summed E-state index contributed by atoms with van der Waals surface area (Å²) in [5.41, 5.74) is 0. The summed E-state index contributed by atoms with van der Waals surface area (Å²) in [5.74, 6) is 0.438. The number of hydrogen-bond acceptors (Lipinski definition) is 3. The molecule has 0 amide bonds. The molecule has 2 rings (SSSR count). The number of ether oxygens (including phenoxy) is 3. The Hall–Kier alpha value is -1.06. The Kier molecular flexibility index (Phi) is 3.23. The van der Waals surface area contributed by atoms with Crippen LogP contribution in [0.5, 0.6) is 5.75 Å². The third kappa shape index (κ3) is 2.94. The van der Waals surface area contributed by atoms with Crippen molar-refractivity contribution in [3.8, 4) is 5.75 Å². The number of rotatable bonds is 4. The Morgan fingerprint density at radius 1 is 1.20 bits per heavy atom. The Bertz CT molecular complexity index is 291. The van der Waals surface area contributed by atoms with Crippen LogP contribution in [-0.2, 0) is 9.47 Å². The maximum atomic E-state index is 5.57. The number of para-hydroxylation sites is 1. The third-order valence-electron chi connectivity index (χ3n) is 2.47. The third-order valence-corrected chi connectivity index (χ3v) is 2.47. The summed E-state index contributed by atoms with van der Waals surface area (Å²) >= 11 is 0. The van der Waals surface area contributed by atoms with Gasteiger partial charge in [-0.15, -0.1) is 0 Å². The second-order valence-electron chi connectivity index (χ2n) is 3.74. The smallest absolute Gasteiger partial charge is 0.168 e. The monoisotopic (exact) mass is 208 g/mol. The fraction of sp³-hybridized carbons (Fsp3) is 0.500. The van der Waals surface area contributed by atoms with E-state index in [4.69, 9.17) is 14.2 Å². The molecule has 1 heterocycles. The molecule has 0 N–H and O–H groups in total. The summed E-state index contributed by atoms with van der Waals surface area (Å²) in [7, 11) is 0. The summed E-state index contributed by atoms with van der Waals surface area (Å²) in [4.78, 5) is 0. The van der Waals surface area contributed by atoms with E-state index < -0.39 is 5.79 Å². The van der Waals surface area contributed by atoms with Gasteiger partial charge in [-0.1, -0.05) is 18.2 Å². The zero-order valence-electron chi connectivity index (χ0n) is 8.94. The molecule has 82 valence electrons. The highest BCUT2D eigenvalue weighted by atomic mass is 16.7. The Morgan fingerprint density at radius 2 is 1.87 bits per heavy atom. The SMILES string of the molecule is CC1(CCOc2ccccc2)OCCO1. The van der Waals surface area contributed by atoms with Crippen molar-refractivity contribution in [1.29, 1.82) is 0 Å². The second-order valence-corrected chi connectivity index (χ2v) is 3.74. The lowest BCUT2D eigenvalue weighted by Gasteiger charge is -2.21. The van der Waals surface area contributed by atoms with Crippen molar-refractivity contribution < 1.29 is 14.2 Å². The first kappa shape index (κ1) is 10.5. The summed E-state index contributed by atoms with van der Waals surface area (Å²) in [6.07, 6.45) is 0.752. The van der Waals surface area contributed by atoms with Crippen LogP contribution in [0.4, 0.5) is 0 Å². The molecule has 1 aliphatic rings. The predicted molar refractivity (Wildman–Crippen MR) is 56.9 cm³/mol. The molecule has 0 radical (unpaired) electrons. The van der Waals surface area contributed by atoms with E-state index in [9.17, 15) is 0 Å². The Balaban J connectivity index is 1.75. The maximum absolute atomic E-state index is 5.57. The van der Waals surface area contributed by atoms with Crippen molar-refractivity contribution in [2.24, 2.45) is 0 Å². The van der Waals surface area contributed by atoms with Gasteiger partial charge in [-0.3, -0.25) is 0 Å². The minimum atomic E-state index is -0.450. The Labute approximate surface area is 90.0 Å². The van der Waals surface area contributed by atoms with Gasteiger partial charge in [0, 0.05) is 6.42 Å². The lowest BCUT2D eigenvalue weighted by Crippen LogP contribution is -2.27. The van der Waals surface area contributed by atoms with Gasteiger partial charge in [-0.25, -0.2) is 0 Å². The maximum Gasteiger partial charge on any atom is 0.168 e. The van der Waals surface area contributed by atoms with E-state index in [-0.39, 0.29) is 0 Å². The van der Waals surface area contributed by atoms with Gasteiger partial charge >= 0.3 is 0 Å². The highest BCUT2D eigenvalue weighted by Gasteiger charge is 2.30. The molecular weight excluding hydrogens is 192 g/mol. The van der Waals surface area contributed by atoms with Crippen LogP contribution in [0.2, 0.25) is 0 Å². The molecule has 1 saturated heterocycles. The standard InChI is InChI=1S/C12H16O3/c1-12(14-9-10-15-12)7-8-13-11-5-3-2-4-6-11/h2-6H,7-10H2,1H3. The zero-order valence-corrected chi connectivity index (χ0v) is 8.94. The van der Waals surface area contributed by atoms with Gasteiger partial charge in [0.25, 0.3) is 0 Å². The first-order valence-corrected chi connectivity index (χ1v) is 5.24. The summed E-state index contributed by atoms with van der Waals surface area (Å²) in [6, 6.07) is 9.77. The van der Waals surface area contributed by atoms with Crippen LogP contribution in [0.25, 0.3) is 0 Å². The first-order valence-electron chi connectivity index (χ1n) is 5.24. The molecule has 1 aromatic rings. The molecule has 0 aliphatic carbocycles. The van der Waals surface area contributed by atoms with E-state index in [2.05, 4.69) is 0 Å². The Morgan fingerprint density at radius 3 is 2.53 bits per heavy atom. The summed E-state index contributed by atoms with van der Waals surface area (Å²) < 4.78 is 16.5. The van der Waals surface area contributed by atoms with Gasteiger partial charge in [0.15, 0.2) is 5.79 Å². The number of hydrogen-bond donors (Lipinski definition) is 0. The molecule has 3 heteroatoms. The molecule has 1 fully saturated rings. The van der Waals surface area contributed by atoms with Crippen molar-refractivity contribution in [3.05, 3.63) is 30.3 Å². The minimum absolute atomic E-state index is 0.450. The van der Waals surface area contributed by atoms with Crippen molar-refractivity contribution >= 4 is 0 Å². The van der Waals surface area contributed by atoms with Crippen LogP contribution in [0.3, 0.4) is 0 Å². The van der Waals surface area contributed by atoms with E-state index in [0.29, 0.717) is 19.8 Å². The molecule has 0 bridgehead atoms. The van der Waals surface area contributed by atoms with Gasteiger partial charge in [0.1, 0.15) is 5.75 Å². The second kappa shape index (κ2) is 4.64. The van der Waals surface area contributed by atoms with Crippen LogP contribution in [0.1, 0.15) is 13.3 Å². The first-order chi connectivity index (χ1) is 7.29.